The normalized spacial score (nSPS) is 10.2. The van der Waals surface area contributed by atoms with E-state index in [1.54, 1.807) is 7.11 Å². The molecule has 0 unspecified atom stereocenters. The molecule has 0 fully saturated rings. The van der Waals surface area contributed by atoms with Gasteiger partial charge in [-0.05, 0) is 24.3 Å². The number of halogens is 2. The van der Waals surface area contributed by atoms with E-state index < -0.39 is 0 Å². The number of benzene rings is 2. The molecule has 0 aliphatic rings. The van der Waals surface area contributed by atoms with E-state index in [9.17, 15) is 0 Å². The van der Waals surface area contributed by atoms with Crippen LogP contribution in [-0.4, -0.2) is 7.11 Å². The van der Waals surface area contributed by atoms with E-state index in [4.69, 9.17) is 21.1 Å². The minimum absolute atomic E-state index is 0.645. The average molecular weight is 328 g/mol. The first-order valence-corrected chi connectivity index (χ1v) is 6.90. The van der Waals surface area contributed by atoms with Crippen LogP contribution in [0.3, 0.4) is 0 Å². The lowest BCUT2D eigenvalue weighted by atomic mass is 10.2. The maximum Gasteiger partial charge on any atom is 0.132 e. The zero-order valence-corrected chi connectivity index (χ0v) is 12.2. The number of methoxy groups -OCH3 is 1. The van der Waals surface area contributed by atoms with Crippen molar-refractivity contribution in [3.05, 3.63) is 53.1 Å². The predicted octanol–water partition coefficient (Wildman–Crippen LogP) is 5.04. The molecule has 2 aromatic carbocycles. The van der Waals surface area contributed by atoms with Crippen LogP contribution in [0.15, 0.2) is 42.5 Å². The van der Waals surface area contributed by atoms with Gasteiger partial charge in [-0.25, -0.2) is 0 Å². The van der Waals surface area contributed by atoms with Crippen molar-refractivity contribution in [1.82, 2.24) is 0 Å². The Labute approximate surface area is 120 Å². The second-order valence-electron chi connectivity index (χ2n) is 3.63. The van der Waals surface area contributed by atoms with Crippen LogP contribution < -0.4 is 9.47 Å². The molecule has 0 saturated heterocycles. The lowest BCUT2D eigenvalue weighted by Crippen LogP contribution is -1.91. The number of rotatable bonds is 4. The summed E-state index contributed by atoms with van der Waals surface area (Å²) in [6, 6.07) is 13.1. The van der Waals surface area contributed by atoms with Gasteiger partial charge in [0.2, 0.25) is 0 Å². The standard InChI is InChI=1S/C14H12BrClO2/c1-17-10-4-2-5-11(8-10)18-14-7-3-6-13(16)12(14)9-15/h2-8H,9H2,1H3. The van der Waals surface area contributed by atoms with E-state index in [1.165, 1.54) is 0 Å². The summed E-state index contributed by atoms with van der Waals surface area (Å²) >= 11 is 9.53. The van der Waals surface area contributed by atoms with E-state index in [0.29, 0.717) is 10.4 Å². The molecule has 0 saturated carbocycles. The molecule has 0 heterocycles. The Morgan fingerprint density at radius 1 is 1.11 bits per heavy atom. The summed E-state index contributed by atoms with van der Waals surface area (Å²) in [7, 11) is 1.63. The minimum Gasteiger partial charge on any atom is -0.497 e. The van der Waals surface area contributed by atoms with Crippen LogP contribution in [0.2, 0.25) is 5.02 Å². The van der Waals surface area contributed by atoms with Crippen molar-refractivity contribution in [1.29, 1.82) is 0 Å². The van der Waals surface area contributed by atoms with Crippen molar-refractivity contribution >= 4 is 27.5 Å². The zero-order valence-electron chi connectivity index (χ0n) is 9.82. The molecule has 0 spiro atoms. The highest BCUT2D eigenvalue weighted by molar-refractivity contribution is 9.08. The van der Waals surface area contributed by atoms with Crippen molar-refractivity contribution in [2.45, 2.75) is 5.33 Å². The van der Waals surface area contributed by atoms with E-state index in [-0.39, 0.29) is 0 Å². The second-order valence-corrected chi connectivity index (χ2v) is 4.60. The van der Waals surface area contributed by atoms with Gasteiger partial charge in [-0.15, -0.1) is 0 Å². The van der Waals surface area contributed by atoms with Crippen LogP contribution in [0.1, 0.15) is 5.56 Å². The van der Waals surface area contributed by atoms with Crippen LogP contribution in [-0.2, 0) is 5.33 Å². The van der Waals surface area contributed by atoms with Crippen molar-refractivity contribution in [3.63, 3.8) is 0 Å². The molecule has 94 valence electrons. The van der Waals surface area contributed by atoms with Gasteiger partial charge in [-0.1, -0.05) is 39.7 Å². The first-order chi connectivity index (χ1) is 8.74. The van der Waals surface area contributed by atoms with Crippen molar-refractivity contribution in [2.75, 3.05) is 7.11 Å². The second kappa shape index (κ2) is 6.12. The van der Waals surface area contributed by atoms with Gasteiger partial charge in [-0.2, -0.15) is 0 Å². The Bertz CT molecular complexity index is 543. The van der Waals surface area contributed by atoms with E-state index in [2.05, 4.69) is 15.9 Å². The SMILES string of the molecule is COc1cccc(Oc2cccc(Cl)c2CBr)c1. The largest absolute Gasteiger partial charge is 0.497 e. The summed E-state index contributed by atoms with van der Waals surface area (Å²) < 4.78 is 11.0. The third-order valence-electron chi connectivity index (χ3n) is 2.48. The zero-order chi connectivity index (χ0) is 13.0. The Kier molecular flexibility index (Phi) is 4.50. The molecule has 4 heteroatoms. The maximum atomic E-state index is 6.12. The lowest BCUT2D eigenvalue weighted by molar-refractivity contribution is 0.409. The number of hydrogen-bond donors (Lipinski definition) is 0. The molecule has 0 N–H and O–H groups in total. The monoisotopic (exact) mass is 326 g/mol. The lowest BCUT2D eigenvalue weighted by Gasteiger charge is -2.11. The van der Waals surface area contributed by atoms with Crippen LogP contribution in [0, 0.1) is 0 Å². The summed E-state index contributed by atoms with van der Waals surface area (Å²) in [4.78, 5) is 0. The van der Waals surface area contributed by atoms with Crippen LogP contribution >= 0.6 is 27.5 Å². The minimum atomic E-state index is 0.645. The Hall–Kier alpha value is -1.19. The Morgan fingerprint density at radius 3 is 2.56 bits per heavy atom. The molecule has 0 amide bonds. The van der Waals surface area contributed by atoms with Gasteiger partial charge >= 0.3 is 0 Å². The molecule has 18 heavy (non-hydrogen) atoms. The molecule has 0 atom stereocenters. The number of ether oxygens (including phenoxy) is 2. The summed E-state index contributed by atoms with van der Waals surface area (Å²) in [5.41, 5.74) is 0.932. The highest BCUT2D eigenvalue weighted by Gasteiger charge is 2.08. The van der Waals surface area contributed by atoms with E-state index >= 15 is 0 Å². The molecular formula is C14H12BrClO2. The average Bonchev–Trinajstić information content (AvgIpc) is 2.39. The van der Waals surface area contributed by atoms with E-state index in [0.717, 1.165) is 22.8 Å². The topological polar surface area (TPSA) is 18.5 Å². The third-order valence-corrected chi connectivity index (χ3v) is 3.39. The van der Waals surface area contributed by atoms with Gasteiger partial charge in [0.05, 0.1) is 7.11 Å². The molecular weight excluding hydrogens is 316 g/mol. The Balaban J connectivity index is 2.30. The molecule has 0 aromatic heterocycles. The highest BCUT2D eigenvalue weighted by Crippen LogP contribution is 2.33. The fourth-order valence-electron chi connectivity index (χ4n) is 1.56. The summed E-state index contributed by atoms with van der Waals surface area (Å²) in [6.07, 6.45) is 0. The van der Waals surface area contributed by atoms with Gasteiger partial charge in [0.25, 0.3) is 0 Å². The number of alkyl halides is 1. The fourth-order valence-corrected chi connectivity index (χ4v) is 2.53. The third kappa shape index (κ3) is 2.98. The van der Waals surface area contributed by atoms with Gasteiger partial charge in [0, 0.05) is 22.0 Å². The van der Waals surface area contributed by atoms with Gasteiger partial charge in [0.1, 0.15) is 17.2 Å². The highest BCUT2D eigenvalue weighted by atomic mass is 79.9. The molecule has 0 aliphatic carbocycles. The van der Waals surface area contributed by atoms with Crippen LogP contribution in [0.5, 0.6) is 17.2 Å². The first-order valence-electron chi connectivity index (χ1n) is 5.40. The van der Waals surface area contributed by atoms with Crippen molar-refractivity contribution < 1.29 is 9.47 Å². The Morgan fingerprint density at radius 2 is 1.83 bits per heavy atom. The smallest absolute Gasteiger partial charge is 0.132 e. The first kappa shape index (κ1) is 13.2. The molecule has 0 radical (unpaired) electrons. The van der Waals surface area contributed by atoms with Gasteiger partial charge < -0.3 is 9.47 Å². The van der Waals surface area contributed by atoms with Crippen LogP contribution in [0.25, 0.3) is 0 Å². The molecule has 2 aromatic rings. The van der Waals surface area contributed by atoms with Crippen molar-refractivity contribution in [3.8, 4) is 17.2 Å². The summed E-state index contributed by atoms with van der Waals surface area (Å²) in [5.74, 6) is 2.22. The molecule has 2 nitrogen and oxygen atoms in total. The number of hydrogen-bond acceptors (Lipinski definition) is 2. The van der Waals surface area contributed by atoms with Gasteiger partial charge in [0.15, 0.2) is 0 Å². The predicted molar refractivity (Wildman–Crippen MR) is 77.2 cm³/mol. The summed E-state index contributed by atoms with van der Waals surface area (Å²) in [6.45, 7) is 0. The van der Waals surface area contributed by atoms with Crippen molar-refractivity contribution in [2.24, 2.45) is 0 Å². The quantitative estimate of drug-likeness (QED) is 0.733. The molecule has 2 rings (SSSR count). The van der Waals surface area contributed by atoms with Crippen LogP contribution in [0.4, 0.5) is 0 Å². The van der Waals surface area contributed by atoms with E-state index in [1.807, 2.05) is 42.5 Å². The molecule has 0 bridgehead atoms. The molecule has 0 aliphatic heterocycles. The maximum absolute atomic E-state index is 6.12. The summed E-state index contributed by atoms with van der Waals surface area (Å²) in [5, 5.41) is 1.33. The fraction of sp³-hybridized carbons (Fsp3) is 0.143. The van der Waals surface area contributed by atoms with Gasteiger partial charge in [-0.3, -0.25) is 0 Å².